The van der Waals surface area contributed by atoms with Crippen LogP contribution in [0.5, 0.6) is 0 Å². The zero-order chi connectivity index (χ0) is 9.19. The van der Waals surface area contributed by atoms with E-state index in [2.05, 4.69) is 10.1 Å². The molecule has 0 aromatic carbocycles. The molecule has 1 heterocycles. The molecule has 4 heteroatoms. The highest BCUT2D eigenvalue weighted by atomic mass is 16.3. The molecular formula is C8H15N3O. The average Bonchev–Trinajstić information content (AvgIpc) is 2.37. The molecule has 1 rings (SSSR count). The van der Waals surface area contributed by atoms with Crippen LogP contribution in [0.3, 0.4) is 0 Å². The molecule has 0 saturated heterocycles. The zero-order valence-corrected chi connectivity index (χ0v) is 7.73. The monoisotopic (exact) mass is 169 g/mol. The lowest BCUT2D eigenvalue weighted by Gasteiger charge is -2.25. The van der Waals surface area contributed by atoms with Crippen LogP contribution in [0.2, 0.25) is 0 Å². The molecule has 1 atom stereocenters. The number of nitrogens with zero attached hydrogens (tertiary/aromatic N) is 3. The highest BCUT2D eigenvalue weighted by molar-refractivity contribution is 4.73. The van der Waals surface area contributed by atoms with Gasteiger partial charge in [0.15, 0.2) is 0 Å². The van der Waals surface area contributed by atoms with Crippen LogP contribution in [-0.2, 0) is 6.54 Å². The highest BCUT2D eigenvalue weighted by Gasteiger charge is 2.22. The molecule has 0 aliphatic heterocycles. The van der Waals surface area contributed by atoms with Crippen molar-refractivity contribution in [1.29, 1.82) is 0 Å². The fraction of sp³-hybridized carbons (Fsp3) is 0.750. The van der Waals surface area contributed by atoms with E-state index in [9.17, 15) is 5.11 Å². The summed E-state index contributed by atoms with van der Waals surface area (Å²) in [6.07, 6.45) is 2.68. The fourth-order valence-electron chi connectivity index (χ4n) is 0.778. The summed E-state index contributed by atoms with van der Waals surface area (Å²) in [5.41, 5.74) is -0.105. The van der Waals surface area contributed by atoms with Crippen LogP contribution in [0.1, 0.15) is 20.8 Å². The molecule has 0 spiro atoms. The first-order valence-corrected chi connectivity index (χ1v) is 4.00. The van der Waals surface area contributed by atoms with Crippen molar-refractivity contribution in [2.45, 2.75) is 33.4 Å². The molecule has 0 aliphatic rings. The second kappa shape index (κ2) is 3.23. The molecule has 0 aliphatic carbocycles. The van der Waals surface area contributed by atoms with Gasteiger partial charge in [-0.05, 0) is 5.41 Å². The van der Waals surface area contributed by atoms with Gasteiger partial charge in [-0.2, -0.15) is 5.10 Å². The van der Waals surface area contributed by atoms with Crippen molar-refractivity contribution in [2.24, 2.45) is 5.41 Å². The quantitative estimate of drug-likeness (QED) is 0.708. The summed E-state index contributed by atoms with van der Waals surface area (Å²) in [4.78, 5) is 3.80. The van der Waals surface area contributed by atoms with Gasteiger partial charge < -0.3 is 5.11 Å². The third kappa shape index (κ3) is 2.30. The van der Waals surface area contributed by atoms with Crippen molar-refractivity contribution in [3.05, 3.63) is 12.7 Å². The topological polar surface area (TPSA) is 50.9 Å². The summed E-state index contributed by atoms with van der Waals surface area (Å²) in [7, 11) is 0. The summed E-state index contributed by atoms with van der Waals surface area (Å²) < 4.78 is 1.63. The number of aliphatic hydroxyl groups is 1. The van der Waals surface area contributed by atoms with E-state index in [1.165, 1.54) is 6.33 Å². The largest absolute Gasteiger partial charge is 0.391 e. The maximum atomic E-state index is 9.67. The molecule has 1 N–H and O–H groups in total. The van der Waals surface area contributed by atoms with Crippen LogP contribution in [0.15, 0.2) is 12.7 Å². The maximum absolute atomic E-state index is 9.67. The van der Waals surface area contributed by atoms with E-state index in [0.717, 1.165) is 0 Å². The lowest BCUT2D eigenvalue weighted by molar-refractivity contribution is 0.0450. The van der Waals surface area contributed by atoms with E-state index in [1.807, 2.05) is 20.8 Å². The SMILES string of the molecule is CC(C)(C)C(O)Cn1cncn1. The van der Waals surface area contributed by atoms with E-state index in [-0.39, 0.29) is 11.5 Å². The van der Waals surface area contributed by atoms with Gasteiger partial charge in [-0.3, -0.25) is 4.68 Å². The smallest absolute Gasteiger partial charge is 0.137 e. The third-order valence-corrected chi connectivity index (χ3v) is 1.83. The minimum atomic E-state index is -0.390. The minimum Gasteiger partial charge on any atom is -0.391 e. The molecule has 1 aromatic heterocycles. The first kappa shape index (κ1) is 9.19. The van der Waals surface area contributed by atoms with Crippen molar-refractivity contribution in [1.82, 2.24) is 14.8 Å². The minimum absolute atomic E-state index is 0.105. The molecule has 12 heavy (non-hydrogen) atoms. The van der Waals surface area contributed by atoms with E-state index in [4.69, 9.17) is 0 Å². The molecule has 0 fully saturated rings. The number of aromatic nitrogens is 3. The normalized spacial score (nSPS) is 14.7. The number of rotatable bonds is 2. The number of aliphatic hydroxyl groups excluding tert-OH is 1. The van der Waals surface area contributed by atoms with Gasteiger partial charge in [0.05, 0.1) is 12.6 Å². The van der Waals surface area contributed by atoms with Crippen LogP contribution >= 0.6 is 0 Å². The van der Waals surface area contributed by atoms with E-state index in [1.54, 1.807) is 11.0 Å². The van der Waals surface area contributed by atoms with Gasteiger partial charge in [-0.15, -0.1) is 0 Å². The van der Waals surface area contributed by atoms with Crippen LogP contribution in [0.25, 0.3) is 0 Å². The van der Waals surface area contributed by atoms with Crippen molar-refractivity contribution >= 4 is 0 Å². The van der Waals surface area contributed by atoms with Gasteiger partial charge in [0.2, 0.25) is 0 Å². The second-order valence-electron chi connectivity index (χ2n) is 4.00. The zero-order valence-electron chi connectivity index (χ0n) is 7.73. The lowest BCUT2D eigenvalue weighted by Crippen LogP contribution is -2.30. The first-order chi connectivity index (χ1) is 5.50. The molecule has 0 amide bonds. The third-order valence-electron chi connectivity index (χ3n) is 1.83. The summed E-state index contributed by atoms with van der Waals surface area (Å²) in [5.74, 6) is 0. The highest BCUT2D eigenvalue weighted by Crippen LogP contribution is 2.19. The Morgan fingerprint density at radius 3 is 2.58 bits per heavy atom. The Balaban J connectivity index is 2.53. The Morgan fingerprint density at radius 1 is 1.50 bits per heavy atom. The molecule has 68 valence electrons. The van der Waals surface area contributed by atoms with Gasteiger partial charge in [0.25, 0.3) is 0 Å². The Morgan fingerprint density at radius 2 is 2.17 bits per heavy atom. The van der Waals surface area contributed by atoms with Crippen LogP contribution in [-0.4, -0.2) is 26.0 Å². The first-order valence-electron chi connectivity index (χ1n) is 4.00. The lowest BCUT2D eigenvalue weighted by atomic mass is 9.89. The predicted molar refractivity (Wildman–Crippen MR) is 45.5 cm³/mol. The standard InChI is InChI=1S/C8H15N3O/c1-8(2,3)7(12)4-11-6-9-5-10-11/h5-7,12H,4H2,1-3H3. The van der Waals surface area contributed by atoms with Crippen LogP contribution in [0, 0.1) is 5.41 Å². The van der Waals surface area contributed by atoms with Crippen LogP contribution < -0.4 is 0 Å². The van der Waals surface area contributed by atoms with Gasteiger partial charge in [0, 0.05) is 0 Å². The van der Waals surface area contributed by atoms with Crippen LogP contribution in [0.4, 0.5) is 0 Å². The Labute approximate surface area is 72.2 Å². The number of hydrogen-bond donors (Lipinski definition) is 1. The van der Waals surface area contributed by atoms with Gasteiger partial charge in [-0.1, -0.05) is 20.8 Å². The Kier molecular flexibility index (Phi) is 2.47. The van der Waals surface area contributed by atoms with Gasteiger partial charge in [0.1, 0.15) is 12.7 Å². The van der Waals surface area contributed by atoms with Crippen molar-refractivity contribution in [2.75, 3.05) is 0 Å². The number of hydrogen-bond acceptors (Lipinski definition) is 3. The second-order valence-corrected chi connectivity index (χ2v) is 4.00. The molecule has 0 bridgehead atoms. The van der Waals surface area contributed by atoms with E-state index < -0.39 is 0 Å². The summed E-state index contributed by atoms with van der Waals surface area (Å²) >= 11 is 0. The van der Waals surface area contributed by atoms with Crippen molar-refractivity contribution < 1.29 is 5.11 Å². The molecule has 1 unspecified atom stereocenters. The summed E-state index contributed by atoms with van der Waals surface area (Å²) in [5, 5.41) is 13.6. The van der Waals surface area contributed by atoms with Gasteiger partial charge >= 0.3 is 0 Å². The van der Waals surface area contributed by atoms with Crippen molar-refractivity contribution in [3.8, 4) is 0 Å². The Hall–Kier alpha value is -0.900. The van der Waals surface area contributed by atoms with Gasteiger partial charge in [-0.25, -0.2) is 4.98 Å². The molecule has 0 radical (unpaired) electrons. The van der Waals surface area contributed by atoms with E-state index in [0.29, 0.717) is 6.54 Å². The summed E-state index contributed by atoms with van der Waals surface area (Å²) in [6.45, 7) is 6.49. The molecule has 4 nitrogen and oxygen atoms in total. The predicted octanol–water partition coefficient (Wildman–Crippen LogP) is 0.685. The fourth-order valence-corrected chi connectivity index (χ4v) is 0.778. The molecule has 1 aromatic rings. The molecular weight excluding hydrogens is 154 g/mol. The van der Waals surface area contributed by atoms with Crippen molar-refractivity contribution in [3.63, 3.8) is 0 Å². The van der Waals surface area contributed by atoms with E-state index >= 15 is 0 Å². The molecule has 0 saturated carbocycles. The summed E-state index contributed by atoms with van der Waals surface area (Å²) in [6, 6.07) is 0. The maximum Gasteiger partial charge on any atom is 0.137 e. The average molecular weight is 169 g/mol. The Bertz CT molecular complexity index is 225.